The van der Waals surface area contributed by atoms with Gasteiger partial charge in [0.2, 0.25) is 11.1 Å². The average Bonchev–Trinajstić information content (AvgIpc) is 3.28. The summed E-state index contributed by atoms with van der Waals surface area (Å²) in [6.45, 7) is 3.56. The van der Waals surface area contributed by atoms with E-state index in [0.29, 0.717) is 16.6 Å². The highest BCUT2D eigenvalue weighted by Gasteiger charge is 2.33. The summed E-state index contributed by atoms with van der Waals surface area (Å²) < 4.78 is 13.4. The van der Waals surface area contributed by atoms with Gasteiger partial charge in [-0.15, -0.1) is 5.10 Å². The van der Waals surface area contributed by atoms with E-state index in [1.54, 1.807) is 13.0 Å². The minimum Gasteiger partial charge on any atom is -0.348 e. The SMILES string of the molecule is Cc1nc(SCC(=O)NC(c2ccc(F)c(C)c2)C2CC2)n[nH]1. The Balaban J connectivity index is 1.62. The van der Waals surface area contributed by atoms with Gasteiger partial charge in [0.1, 0.15) is 11.6 Å². The molecule has 0 saturated heterocycles. The zero-order valence-corrected chi connectivity index (χ0v) is 13.9. The van der Waals surface area contributed by atoms with E-state index < -0.39 is 0 Å². The molecule has 1 unspecified atom stereocenters. The number of nitrogens with one attached hydrogen (secondary N) is 2. The highest BCUT2D eigenvalue weighted by atomic mass is 32.2. The fourth-order valence-corrected chi connectivity index (χ4v) is 3.15. The molecule has 0 radical (unpaired) electrons. The third-order valence-electron chi connectivity index (χ3n) is 3.86. The molecule has 122 valence electrons. The molecule has 1 aliphatic rings. The van der Waals surface area contributed by atoms with Crippen molar-refractivity contribution in [3.63, 3.8) is 0 Å². The van der Waals surface area contributed by atoms with Crippen LogP contribution in [0.2, 0.25) is 0 Å². The fourth-order valence-electron chi connectivity index (χ4n) is 2.50. The predicted molar refractivity (Wildman–Crippen MR) is 86.6 cm³/mol. The molecule has 23 heavy (non-hydrogen) atoms. The first-order valence-electron chi connectivity index (χ1n) is 7.60. The third kappa shape index (κ3) is 4.10. The molecule has 0 bridgehead atoms. The number of thioether (sulfide) groups is 1. The molecule has 1 amide bonds. The van der Waals surface area contributed by atoms with E-state index in [2.05, 4.69) is 20.5 Å². The monoisotopic (exact) mass is 334 g/mol. The molecular weight excluding hydrogens is 315 g/mol. The van der Waals surface area contributed by atoms with Gasteiger partial charge in [0.05, 0.1) is 11.8 Å². The predicted octanol–water partition coefficient (Wildman–Crippen LogP) is 2.92. The maximum Gasteiger partial charge on any atom is 0.230 e. The van der Waals surface area contributed by atoms with Gasteiger partial charge in [-0.25, -0.2) is 9.37 Å². The molecule has 5 nitrogen and oxygen atoms in total. The number of aromatic amines is 1. The summed E-state index contributed by atoms with van der Waals surface area (Å²) in [7, 11) is 0. The van der Waals surface area contributed by atoms with E-state index in [1.807, 2.05) is 13.0 Å². The second kappa shape index (κ2) is 6.70. The van der Waals surface area contributed by atoms with Crippen LogP contribution in [0.4, 0.5) is 4.39 Å². The summed E-state index contributed by atoms with van der Waals surface area (Å²) in [6.07, 6.45) is 2.18. The van der Waals surface area contributed by atoms with Gasteiger partial charge in [0, 0.05) is 0 Å². The number of amides is 1. The molecule has 1 aliphatic carbocycles. The van der Waals surface area contributed by atoms with Crippen molar-refractivity contribution in [2.45, 2.75) is 37.9 Å². The molecule has 1 heterocycles. The van der Waals surface area contributed by atoms with Crippen molar-refractivity contribution in [2.75, 3.05) is 5.75 Å². The Morgan fingerprint density at radius 3 is 2.87 bits per heavy atom. The van der Waals surface area contributed by atoms with Crippen LogP contribution in [0.25, 0.3) is 0 Å². The van der Waals surface area contributed by atoms with Gasteiger partial charge in [-0.1, -0.05) is 23.9 Å². The second-order valence-corrected chi connectivity index (χ2v) is 6.83. The zero-order valence-electron chi connectivity index (χ0n) is 13.1. The van der Waals surface area contributed by atoms with E-state index in [9.17, 15) is 9.18 Å². The van der Waals surface area contributed by atoms with Crippen LogP contribution in [0, 0.1) is 25.6 Å². The molecule has 1 atom stereocenters. The molecule has 2 N–H and O–H groups in total. The fraction of sp³-hybridized carbons (Fsp3) is 0.438. The van der Waals surface area contributed by atoms with Crippen LogP contribution in [0.5, 0.6) is 0 Å². The van der Waals surface area contributed by atoms with Crippen molar-refractivity contribution >= 4 is 17.7 Å². The van der Waals surface area contributed by atoms with Crippen LogP contribution < -0.4 is 5.32 Å². The van der Waals surface area contributed by atoms with E-state index >= 15 is 0 Å². The van der Waals surface area contributed by atoms with Crippen LogP contribution in [0.3, 0.4) is 0 Å². The van der Waals surface area contributed by atoms with Crippen LogP contribution in [-0.2, 0) is 4.79 Å². The Kier molecular flexibility index (Phi) is 4.66. The zero-order chi connectivity index (χ0) is 16.4. The molecule has 7 heteroatoms. The van der Waals surface area contributed by atoms with Crippen molar-refractivity contribution in [2.24, 2.45) is 5.92 Å². The largest absolute Gasteiger partial charge is 0.348 e. The minimum atomic E-state index is -0.217. The lowest BCUT2D eigenvalue weighted by molar-refractivity contribution is -0.119. The summed E-state index contributed by atoms with van der Waals surface area (Å²) in [4.78, 5) is 16.4. The van der Waals surface area contributed by atoms with Gasteiger partial charge in [-0.05, 0) is 49.8 Å². The summed E-state index contributed by atoms with van der Waals surface area (Å²) >= 11 is 1.30. The molecule has 1 saturated carbocycles. The number of nitrogens with zero attached hydrogens (tertiary/aromatic N) is 2. The standard InChI is InChI=1S/C16H19FN4OS/c1-9-7-12(5-6-13(9)17)15(11-3-4-11)19-14(22)8-23-16-18-10(2)20-21-16/h5-7,11,15H,3-4,8H2,1-2H3,(H,19,22)(H,18,20,21). The van der Waals surface area contributed by atoms with Crippen molar-refractivity contribution in [1.82, 2.24) is 20.5 Å². The first-order valence-corrected chi connectivity index (χ1v) is 8.58. The molecule has 0 spiro atoms. The van der Waals surface area contributed by atoms with E-state index in [0.717, 1.165) is 24.2 Å². The van der Waals surface area contributed by atoms with Gasteiger partial charge < -0.3 is 5.32 Å². The quantitative estimate of drug-likeness (QED) is 0.797. The van der Waals surface area contributed by atoms with Gasteiger partial charge in [-0.2, -0.15) is 0 Å². The number of aromatic nitrogens is 3. The summed E-state index contributed by atoms with van der Waals surface area (Å²) in [6, 6.07) is 5.01. The van der Waals surface area contributed by atoms with Gasteiger partial charge in [0.25, 0.3) is 0 Å². The van der Waals surface area contributed by atoms with E-state index in [4.69, 9.17) is 0 Å². The molecule has 2 aromatic rings. The smallest absolute Gasteiger partial charge is 0.230 e. The molecule has 0 aliphatic heterocycles. The number of halogens is 1. The number of carbonyl (C=O) groups excluding carboxylic acids is 1. The first kappa shape index (κ1) is 16.0. The number of aryl methyl sites for hydroxylation is 2. The summed E-state index contributed by atoms with van der Waals surface area (Å²) in [5.41, 5.74) is 1.58. The number of H-pyrrole nitrogens is 1. The van der Waals surface area contributed by atoms with Crippen LogP contribution >= 0.6 is 11.8 Å². The maximum absolute atomic E-state index is 13.4. The minimum absolute atomic E-state index is 0.0451. The molecule has 1 fully saturated rings. The lowest BCUT2D eigenvalue weighted by atomic mass is 10.00. The Hall–Kier alpha value is -1.89. The summed E-state index contributed by atoms with van der Waals surface area (Å²) in [5, 5.41) is 10.4. The highest BCUT2D eigenvalue weighted by Crippen LogP contribution is 2.41. The highest BCUT2D eigenvalue weighted by molar-refractivity contribution is 7.99. The molecular formula is C16H19FN4OS. The van der Waals surface area contributed by atoms with Crippen molar-refractivity contribution < 1.29 is 9.18 Å². The van der Waals surface area contributed by atoms with E-state index in [-0.39, 0.29) is 23.5 Å². The van der Waals surface area contributed by atoms with Crippen molar-refractivity contribution in [1.29, 1.82) is 0 Å². The number of carbonyl (C=O) groups is 1. The Labute approximate surface area is 138 Å². The van der Waals surface area contributed by atoms with Crippen LogP contribution in [-0.4, -0.2) is 26.8 Å². The first-order chi connectivity index (χ1) is 11.0. The Morgan fingerprint density at radius 1 is 1.48 bits per heavy atom. The van der Waals surface area contributed by atoms with Crippen LogP contribution in [0.1, 0.15) is 35.8 Å². The average molecular weight is 334 g/mol. The van der Waals surface area contributed by atoms with E-state index in [1.165, 1.54) is 17.8 Å². The molecule has 1 aromatic carbocycles. The van der Waals surface area contributed by atoms with Crippen molar-refractivity contribution in [3.8, 4) is 0 Å². The normalized spacial score (nSPS) is 15.4. The lowest BCUT2D eigenvalue weighted by Crippen LogP contribution is -2.31. The Bertz CT molecular complexity index is 714. The maximum atomic E-state index is 13.4. The number of benzene rings is 1. The molecule has 1 aromatic heterocycles. The number of hydrogen-bond acceptors (Lipinski definition) is 4. The van der Waals surface area contributed by atoms with Gasteiger partial charge >= 0.3 is 0 Å². The lowest BCUT2D eigenvalue weighted by Gasteiger charge is -2.19. The van der Waals surface area contributed by atoms with Crippen LogP contribution in [0.15, 0.2) is 23.4 Å². The number of hydrogen-bond donors (Lipinski definition) is 2. The van der Waals surface area contributed by atoms with Gasteiger partial charge in [-0.3, -0.25) is 9.89 Å². The topological polar surface area (TPSA) is 70.7 Å². The second-order valence-electron chi connectivity index (χ2n) is 5.88. The molecule has 3 rings (SSSR count). The Morgan fingerprint density at radius 2 is 2.26 bits per heavy atom. The van der Waals surface area contributed by atoms with Gasteiger partial charge in [0.15, 0.2) is 0 Å². The van der Waals surface area contributed by atoms with Crippen molar-refractivity contribution in [3.05, 3.63) is 41.0 Å². The summed E-state index contributed by atoms with van der Waals surface area (Å²) in [5.74, 6) is 1.16. The number of rotatable bonds is 6. The third-order valence-corrected chi connectivity index (χ3v) is 4.71.